The molecule has 112 valence electrons. The largest absolute Gasteiger partial charge is 0.493 e. The predicted molar refractivity (Wildman–Crippen MR) is 78.8 cm³/mol. The van der Waals surface area contributed by atoms with Crippen LogP contribution in [0.25, 0.3) is 11.5 Å². The standard InChI is InChI=1S/C14H16N2O4S/c1-8(17)9(2)21-14-16-15-13(20-14)10-5-6-11(18-3)12(7-10)19-4/h5-7,9H,1-4H3/t9-/m0/s1. The summed E-state index contributed by atoms with van der Waals surface area (Å²) in [5, 5.41) is 8.06. The third-order valence-electron chi connectivity index (χ3n) is 2.89. The van der Waals surface area contributed by atoms with Gasteiger partial charge in [-0.25, -0.2) is 0 Å². The zero-order chi connectivity index (χ0) is 15.4. The number of carbonyl (C=O) groups excluding carboxylic acids is 1. The molecule has 6 nitrogen and oxygen atoms in total. The van der Waals surface area contributed by atoms with Crippen molar-refractivity contribution in [2.24, 2.45) is 0 Å². The molecule has 0 N–H and O–H groups in total. The van der Waals surface area contributed by atoms with Crippen LogP contribution in [0.2, 0.25) is 0 Å². The lowest BCUT2D eigenvalue weighted by Gasteiger charge is -2.07. The maximum Gasteiger partial charge on any atom is 0.277 e. The molecule has 0 saturated carbocycles. The molecule has 0 aliphatic carbocycles. The monoisotopic (exact) mass is 308 g/mol. The lowest BCUT2D eigenvalue weighted by molar-refractivity contribution is -0.116. The van der Waals surface area contributed by atoms with Gasteiger partial charge in [-0.05, 0) is 32.0 Å². The van der Waals surface area contributed by atoms with Crippen LogP contribution < -0.4 is 9.47 Å². The average Bonchev–Trinajstić information content (AvgIpc) is 2.94. The molecule has 1 atom stereocenters. The quantitative estimate of drug-likeness (QED) is 0.759. The number of nitrogens with zero attached hydrogens (tertiary/aromatic N) is 2. The van der Waals surface area contributed by atoms with E-state index in [1.54, 1.807) is 39.3 Å². The van der Waals surface area contributed by atoms with Crippen LogP contribution in [-0.4, -0.2) is 35.5 Å². The topological polar surface area (TPSA) is 74.5 Å². The Hall–Kier alpha value is -2.02. The van der Waals surface area contributed by atoms with Crippen LogP contribution in [-0.2, 0) is 4.79 Å². The molecule has 0 spiro atoms. The fourth-order valence-corrected chi connectivity index (χ4v) is 2.26. The predicted octanol–water partition coefficient (Wildman–Crippen LogP) is 2.82. The highest BCUT2D eigenvalue weighted by Gasteiger charge is 2.16. The first-order valence-corrected chi connectivity index (χ1v) is 7.16. The number of carbonyl (C=O) groups is 1. The summed E-state index contributed by atoms with van der Waals surface area (Å²) in [6.45, 7) is 3.33. The first kappa shape index (κ1) is 15.4. The highest BCUT2D eigenvalue weighted by atomic mass is 32.2. The summed E-state index contributed by atoms with van der Waals surface area (Å²) in [5.41, 5.74) is 0.725. The van der Waals surface area contributed by atoms with E-state index >= 15 is 0 Å². The van der Waals surface area contributed by atoms with Gasteiger partial charge in [-0.2, -0.15) is 0 Å². The molecule has 2 rings (SSSR count). The molecular weight excluding hydrogens is 292 g/mol. The van der Waals surface area contributed by atoms with E-state index in [0.29, 0.717) is 22.6 Å². The number of hydrogen-bond donors (Lipinski definition) is 0. The first-order chi connectivity index (χ1) is 10.0. The normalized spacial score (nSPS) is 12.0. The van der Waals surface area contributed by atoms with Gasteiger partial charge in [-0.15, -0.1) is 10.2 Å². The zero-order valence-electron chi connectivity index (χ0n) is 12.2. The molecule has 1 heterocycles. The van der Waals surface area contributed by atoms with Gasteiger partial charge in [0.2, 0.25) is 5.89 Å². The molecule has 0 radical (unpaired) electrons. The molecular formula is C14H16N2O4S. The minimum atomic E-state index is -0.219. The van der Waals surface area contributed by atoms with Gasteiger partial charge >= 0.3 is 0 Å². The van der Waals surface area contributed by atoms with Crippen molar-refractivity contribution in [1.29, 1.82) is 0 Å². The molecule has 0 bridgehead atoms. The molecule has 2 aromatic rings. The zero-order valence-corrected chi connectivity index (χ0v) is 13.1. The Labute approximate surface area is 126 Å². The van der Waals surface area contributed by atoms with Gasteiger partial charge in [0, 0.05) is 5.56 Å². The summed E-state index contributed by atoms with van der Waals surface area (Å²) in [5.74, 6) is 1.64. The first-order valence-electron chi connectivity index (χ1n) is 6.28. The number of aromatic nitrogens is 2. The summed E-state index contributed by atoms with van der Waals surface area (Å²) >= 11 is 1.24. The van der Waals surface area contributed by atoms with E-state index in [0.717, 1.165) is 5.56 Å². The van der Waals surface area contributed by atoms with Crippen molar-refractivity contribution in [3.63, 3.8) is 0 Å². The summed E-state index contributed by atoms with van der Waals surface area (Å²) in [7, 11) is 3.13. The van der Waals surface area contributed by atoms with E-state index in [2.05, 4.69) is 10.2 Å². The fourth-order valence-electron chi connectivity index (χ4n) is 1.58. The maximum atomic E-state index is 11.2. The number of methoxy groups -OCH3 is 2. The molecule has 0 fully saturated rings. The van der Waals surface area contributed by atoms with Crippen LogP contribution in [0.5, 0.6) is 11.5 Å². The summed E-state index contributed by atoms with van der Waals surface area (Å²) in [4.78, 5) is 11.2. The lowest BCUT2D eigenvalue weighted by atomic mass is 10.2. The Morgan fingerprint density at radius 1 is 1.24 bits per heavy atom. The highest BCUT2D eigenvalue weighted by molar-refractivity contribution is 8.00. The second-order valence-electron chi connectivity index (χ2n) is 4.31. The fraction of sp³-hybridized carbons (Fsp3) is 0.357. The number of ketones is 1. The second-order valence-corrected chi connectivity index (χ2v) is 5.61. The van der Waals surface area contributed by atoms with Gasteiger partial charge in [-0.1, -0.05) is 11.8 Å². The molecule has 0 saturated heterocycles. The van der Waals surface area contributed by atoms with Crippen LogP contribution in [0, 0.1) is 0 Å². The van der Waals surface area contributed by atoms with Gasteiger partial charge in [0.25, 0.3) is 5.22 Å². The summed E-state index contributed by atoms with van der Waals surface area (Å²) in [6.07, 6.45) is 0. The summed E-state index contributed by atoms with van der Waals surface area (Å²) < 4.78 is 16.0. The van der Waals surface area contributed by atoms with E-state index in [1.165, 1.54) is 18.7 Å². The number of ether oxygens (including phenoxy) is 2. The van der Waals surface area contributed by atoms with Gasteiger partial charge < -0.3 is 13.9 Å². The molecule has 0 aliphatic heterocycles. The molecule has 0 unspecified atom stereocenters. The van der Waals surface area contributed by atoms with Crippen molar-refractivity contribution >= 4 is 17.5 Å². The average molecular weight is 308 g/mol. The van der Waals surface area contributed by atoms with Crippen LogP contribution in [0.1, 0.15) is 13.8 Å². The molecule has 7 heteroatoms. The van der Waals surface area contributed by atoms with Crippen molar-refractivity contribution in [2.45, 2.75) is 24.3 Å². The minimum Gasteiger partial charge on any atom is -0.493 e. The highest BCUT2D eigenvalue weighted by Crippen LogP contribution is 2.33. The van der Waals surface area contributed by atoms with Crippen LogP contribution in [0.15, 0.2) is 27.8 Å². The Morgan fingerprint density at radius 2 is 1.95 bits per heavy atom. The smallest absolute Gasteiger partial charge is 0.277 e. The van der Waals surface area contributed by atoms with Crippen molar-refractivity contribution in [3.8, 4) is 23.0 Å². The Morgan fingerprint density at radius 3 is 2.57 bits per heavy atom. The lowest BCUT2D eigenvalue weighted by Crippen LogP contribution is -2.07. The number of thioether (sulfide) groups is 1. The van der Waals surface area contributed by atoms with Crippen LogP contribution >= 0.6 is 11.8 Å². The van der Waals surface area contributed by atoms with Gasteiger partial charge in [0.15, 0.2) is 11.5 Å². The Balaban J connectivity index is 2.23. The number of Topliss-reactive ketones (excluding diaryl/α,β-unsaturated/α-hetero) is 1. The molecule has 0 amide bonds. The van der Waals surface area contributed by atoms with Crippen molar-refractivity contribution in [1.82, 2.24) is 10.2 Å². The van der Waals surface area contributed by atoms with Crippen molar-refractivity contribution in [2.75, 3.05) is 14.2 Å². The van der Waals surface area contributed by atoms with E-state index in [-0.39, 0.29) is 11.0 Å². The van der Waals surface area contributed by atoms with E-state index in [9.17, 15) is 4.79 Å². The van der Waals surface area contributed by atoms with Crippen LogP contribution in [0.4, 0.5) is 0 Å². The van der Waals surface area contributed by atoms with Gasteiger partial charge in [-0.3, -0.25) is 4.79 Å². The van der Waals surface area contributed by atoms with Gasteiger partial charge in [0.1, 0.15) is 5.78 Å². The van der Waals surface area contributed by atoms with Crippen LogP contribution in [0.3, 0.4) is 0 Å². The van der Waals surface area contributed by atoms with Crippen molar-refractivity contribution < 1.29 is 18.7 Å². The Kier molecular flexibility index (Phi) is 4.85. The van der Waals surface area contributed by atoms with Crippen molar-refractivity contribution in [3.05, 3.63) is 18.2 Å². The SMILES string of the molecule is COc1ccc(-c2nnc(S[C@@H](C)C(C)=O)o2)cc1OC. The van der Waals surface area contributed by atoms with E-state index in [4.69, 9.17) is 13.9 Å². The molecule has 21 heavy (non-hydrogen) atoms. The second kappa shape index (κ2) is 6.62. The molecule has 1 aromatic carbocycles. The maximum absolute atomic E-state index is 11.2. The third kappa shape index (κ3) is 3.55. The Bertz CT molecular complexity index is 642. The summed E-state index contributed by atoms with van der Waals surface area (Å²) in [6, 6.07) is 5.33. The minimum absolute atomic E-state index is 0.0610. The number of hydrogen-bond acceptors (Lipinski definition) is 7. The number of benzene rings is 1. The number of rotatable bonds is 6. The molecule has 0 aliphatic rings. The van der Waals surface area contributed by atoms with E-state index in [1.807, 2.05) is 0 Å². The molecule has 1 aromatic heterocycles. The van der Waals surface area contributed by atoms with E-state index < -0.39 is 0 Å². The van der Waals surface area contributed by atoms with Gasteiger partial charge in [0.05, 0.1) is 19.5 Å². The third-order valence-corrected chi connectivity index (χ3v) is 3.94.